The molecule has 4 rings (SSSR count). The minimum absolute atomic E-state index is 0.0579. The van der Waals surface area contributed by atoms with Gasteiger partial charge < -0.3 is 9.80 Å². The lowest BCUT2D eigenvalue weighted by Crippen LogP contribution is -2.47. The fourth-order valence-electron chi connectivity index (χ4n) is 3.06. The van der Waals surface area contributed by atoms with E-state index < -0.39 is 0 Å². The van der Waals surface area contributed by atoms with Crippen LogP contribution in [0.5, 0.6) is 0 Å². The smallest absolute Gasteiger partial charge is 0.254 e. The van der Waals surface area contributed by atoms with Gasteiger partial charge in [-0.2, -0.15) is 0 Å². The first-order valence-corrected chi connectivity index (χ1v) is 9.40. The van der Waals surface area contributed by atoms with E-state index in [1.165, 1.54) is 5.56 Å². The number of carbonyl (C=O) groups excluding carboxylic acids is 1. The molecule has 3 heterocycles. The van der Waals surface area contributed by atoms with Crippen molar-refractivity contribution in [1.82, 2.24) is 30.0 Å². The number of aromatic nitrogens is 4. The Hall–Kier alpha value is -2.58. The first-order valence-electron chi connectivity index (χ1n) is 8.52. The highest BCUT2D eigenvalue weighted by atomic mass is 32.1. The predicted molar refractivity (Wildman–Crippen MR) is 101 cm³/mol. The molecule has 0 N–H and O–H groups in total. The van der Waals surface area contributed by atoms with E-state index >= 15 is 0 Å². The van der Waals surface area contributed by atoms with Crippen molar-refractivity contribution in [3.8, 4) is 16.1 Å². The maximum absolute atomic E-state index is 13.1. The summed E-state index contributed by atoms with van der Waals surface area (Å²) in [5.74, 6) is 0.0579. The van der Waals surface area contributed by atoms with Crippen LogP contribution in [-0.2, 0) is 0 Å². The second kappa shape index (κ2) is 6.97. The molecule has 7 nitrogen and oxygen atoms in total. The number of thiophene rings is 1. The van der Waals surface area contributed by atoms with Crippen molar-refractivity contribution < 1.29 is 4.79 Å². The van der Waals surface area contributed by atoms with E-state index in [1.807, 2.05) is 23.1 Å². The number of hydrogen-bond donors (Lipinski definition) is 0. The summed E-state index contributed by atoms with van der Waals surface area (Å²) in [6, 6.07) is 7.98. The van der Waals surface area contributed by atoms with Crippen LogP contribution in [0.4, 0.5) is 0 Å². The third-order valence-corrected chi connectivity index (χ3v) is 5.68. The van der Waals surface area contributed by atoms with Gasteiger partial charge in [0.15, 0.2) is 0 Å². The van der Waals surface area contributed by atoms with Gasteiger partial charge in [0, 0.05) is 36.6 Å². The van der Waals surface area contributed by atoms with Crippen molar-refractivity contribution in [1.29, 1.82) is 0 Å². The molecule has 0 bridgehead atoms. The Morgan fingerprint density at radius 2 is 1.92 bits per heavy atom. The summed E-state index contributed by atoms with van der Waals surface area (Å²) in [5.41, 5.74) is 3.68. The van der Waals surface area contributed by atoms with Gasteiger partial charge in [-0.05, 0) is 65.2 Å². The highest BCUT2D eigenvalue weighted by Crippen LogP contribution is 2.30. The number of rotatable bonds is 3. The SMILES string of the molecule is Cc1csc(-c2cc(C(=O)N3CCN(C)CC3)cc(-n3cnnn3)c2)c1. The third kappa shape index (κ3) is 3.38. The van der Waals surface area contributed by atoms with Crippen LogP contribution in [-0.4, -0.2) is 69.1 Å². The van der Waals surface area contributed by atoms with Crippen LogP contribution in [0.3, 0.4) is 0 Å². The van der Waals surface area contributed by atoms with E-state index in [0.29, 0.717) is 5.56 Å². The molecule has 0 radical (unpaired) electrons. The second-order valence-electron chi connectivity index (χ2n) is 6.61. The van der Waals surface area contributed by atoms with E-state index in [-0.39, 0.29) is 5.91 Å². The highest BCUT2D eigenvalue weighted by molar-refractivity contribution is 7.13. The molecule has 26 heavy (non-hydrogen) atoms. The van der Waals surface area contributed by atoms with E-state index in [4.69, 9.17) is 0 Å². The maximum Gasteiger partial charge on any atom is 0.254 e. The van der Waals surface area contributed by atoms with Gasteiger partial charge in [0.05, 0.1) is 5.69 Å². The topological polar surface area (TPSA) is 67.2 Å². The van der Waals surface area contributed by atoms with Crippen molar-refractivity contribution in [3.05, 3.63) is 47.1 Å². The van der Waals surface area contributed by atoms with Crippen molar-refractivity contribution in [2.24, 2.45) is 0 Å². The Morgan fingerprint density at radius 1 is 1.12 bits per heavy atom. The minimum Gasteiger partial charge on any atom is -0.336 e. The molecule has 1 fully saturated rings. The van der Waals surface area contributed by atoms with Crippen molar-refractivity contribution in [3.63, 3.8) is 0 Å². The normalized spacial score (nSPS) is 15.4. The second-order valence-corrected chi connectivity index (χ2v) is 7.52. The first-order chi connectivity index (χ1) is 12.6. The molecule has 1 amide bonds. The van der Waals surface area contributed by atoms with Crippen LogP contribution in [0.15, 0.2) is 36.0 Å². The van der Waals surface area contributed by atoms with Gasteiger partial charge in [0.25, 0.3) is 5.91 Å². The fraction of sp³-hybridized carbons (Fsp3) is 0.333. The number of tetrazole rings is 1. The van der Waals surface area contributed by atoms with Crippen LogP contribution in [0.25, 0.3) is 16.1 Å². The average Bonchev–Trinajstić information content (AvgIpc) is 3.33. The molecule has 1 aliphatic heterocycles. The van der Waals surface area contributed by atoms with Crippen LogP contribution in [0, 0.1) is 6.92 Å². The zero-order chi connectivity index (χ0) is 18.1. The number of nitrogens with zero attached hydrogens (tertiary/aromatic N) is 6. The summed E-state index contributed by atoms with van der Waals surface area (Å²) in [7, 11) is 2.08. The zero-order valence-corrected chi connectivity index (χ0v) is 15.6. The lowest BCUT2D eigenvalue weighted by molar-refractivity contribution is 0.0664. The van der Waals surface area contributed by atoms with Crippen molar-refractivity contribution >= 4 is 17.2 Å². The van der Waals surface area contributed by atoms with Gasteiger partial charge in [0.2, 0.25) is 0 Å². The zero-order valence-electron chi connectivity index (χ0n) is 14.8. The number of hydrogen-bond acceptors (Lipinski definition) is 6. The third-order valence-electron chi connectivity index (χ3n) is 4.58. The number of carbonyl (C=O) groups is 1. The van der Waals surface area contributed by atoms with E-state index in [9.17, 15) is 4.79 Å². The number of likely N-dealkylation sites (N-methyl/N-ethyl adjacent to an activating group) is 1. The van der Waals surface area contributed by atoms with Gasteiger partial charge >= 0.3 is 0 Å². The Bertz CT molecular complexity index is 912. The molecule has 0 unspecified atom stereocenters. The molecule has 8 heteroatoms. The van der Waals surface area contributed by atoms with E-state index in [0.717, 1.165) is 42.3 Å². The summed E-state index contributed by atoms with van der Waals surface area (Å²) in [5, 5.41) is 13.5. The molecule has 0 atom stereocenters. The van der Waals surface area contributed by atoms with Gasteiger partial charge in [-0.15, -0.1) is 16.4 Å². The summed E-state index contributed by atoms with van der Waals surface area (Å²) in [6.07, 6.45) is 1.54. The molecule has 0 saturated carbocycles. The van der Waals surface area contributed by atoms with Crippen LogP contribution in [0.1, 0.15) is 15.9 Å². The molecule has 1 saturated heterocycles. The molecule has 1 aliphatic rings. The number of aryl methyl sites for hydroxylation is 1. The molecule has 2 aromatic heterocycles. The Labute approximate surface area is 155 Å². The van der Waals surface area contributed by atoms with Crippen molar-refractivity contribution in [2.75, 3.05) is 33.2 Å². The summed E-state index contributed by atoms with van der Waals surface area (Å²) in [6.45, 7) is 5.36. The predicted octanol–water partition coefficient (Wildman–Crippen LogP) is 2.09. The molecule has 0 aliphatic carbocycles. The molecule has 134 valence electrons. The number of piperazine rings is 1. The van der Waals surface area contributed by atoms with Crippen LogP contribution >= 0.6 is 11.3 Å². The molecular formula is C18H20N6OS. The monoisotopic (exact) mass is 368 g/mol. The van der Waals surface area contributed by atoms with E-state index in [2.05, 4.69) is 45.8 Å². The Kier molecular flexibility index (Phi) is 4.52. The Balaban J connectivity index is 1.73. The molecular weight excluding hydrogens is 348 g/mol. The fourth-order valence-corrected chi connectivity index (χ4v) is 3.95. The lowest BCUT2D eigenvalue weighted by atomic mass is 10.1. The standard InChI is InChI=1S/C18H20N6OS/c1-13-7-17(26-11-13)14-8-15(10-16(9-14)24-12-19-20-21-24)18(25)23-5-3-22(2)4-6-23/h7-12H,3-6H2,1-2H3. The van der Waals surface area contributed by atoms with Gasteiger partial charge in [-0.1, -0.05) is 0 Å². The lowest BCUT2D eigenvalue weighted by Gasteiger charge is -2.32. The maximum atomic E-state index is 13.1. The van der Waals surface area contributed by atoms with Gasteiger partial charge in [-0.3, -0.25) is 4.79 Å². The average molecular weight is 368 g/mol. The van der Waals surface area contributed by atoms with Gasteiger partial charge in [-0.25, -0.2) is 4.68 Å². The van der Waals surface area contributed by atoms with Crippen LogP contribution < -0.4 is 0 Å². The number of amides is 1. The first kappa shape index (κ1) is 16.9. The molecule has 1 aromatic carbocycles. The molecule has 0 spiro atoms. The quantitative estimate of drug-likeness (QED) is 0.708. The van der Waals surface area contributed by atoms with Crippen molar-refractivity contribution in [2.45, 2.75) is 6.92 Å². The summed E-state index contributed by atoms with van der Waals surface area (Å²) >= 11 is 1.67. The Morgan fingerprint density at radius 3 is 2.58 bits per heavy atom. The number of benzene rings is 1. The summed E-state index contributed by atoms with van der Waals surface area (Å²) < 4.78 is 1.59. The van der Waals surface area contributed by atoms with E-state index in [1.54, 1.807) is 22.3 Å². The van der Waals surface area contributed by atoms with Crippen LogP contribution in [0.2, 0.25) is 0 Å². The molecule has 3 aromatic rings. The van der Waals surface area contributed by atoms with Gasteiger partial charge in [0.1, 0.15) is 6.33 Å². The summed E-state index contributed by atoms with van der Waals surface area (Å²) in [4.78, 5) is 18.4. The largest absolute Gasteiger partial charge is 0.336 e. The minimum atomic E-state index is 0.0579. The highest BCUT2D eigenvalue weighted by Gasteiger charge is 2.22.